The molecule has 0 radical (unpaired) electrons. The number of fused-ring (bicyclic) bond motifs is 2. The number of hydrogen-bond acceptors (Lipinski definition) is 10. The van der Waals surface area contributed by atoms with Crippen LogP contribution in [0, 0.1) is 5.82 Å². The molecule has 8 rings (SSSR count). The van der Waals surface area contributed by atoms with Gasteiger partial charge < -0.3 is 19.8 Å². The number of anilines is 2. The second kappa shape index (κ2) is 14.8. The molecule has 2 unspecified atom stereocenters. The van der Waals surface area contributed by atoms with Crippen LogP contribution in [0.2, 0.25) is 0 Å². The van der Waals surface area contributed by atoms with Crippen LogP contribution in [0.4, 0.5) is 15.2 Å². The van der Waals surface area contributed by atoms with Gasteiger partial charge in [-0.05, 0) is 95.3 Å². The van der Waals surface area contributed by atoms with Crippen LogP contribution in [0.1, 0.15) is 74.7 Å². The van der Waals surface area contributed by atoms with E-state index >= 15 is 0 Å². The first kappa shape index (κ1) is 36.8. The van der Waals surface area contributed by atoms with Crippen molar-refractivity contribution in [1.29, 1.82) is 0 Å². The van der Waals surface area contributed by atoms with Gasteiger partial charge in [-0.25, -0.2) is 9.37 Å². The Balaban J connectivity index is 0.920. The molecule has 16 heteroatoms. The highest BCUT2D eigenvalue weighted by molar-refractivity contribution is 9.10. The number of carbonyl (C=O) groups is 5. The number of carbonyl (C=O) groups excluding carboxylic acids is 5. The molecule has 0 saturated carbocycles. The Morgan fingerprint density at radius 3 is 2.60 bits per heavy atom. The summed E-state index contributed by atoms with van der Waals surface area (Å²) < 4.78 is 15.1. The minimum Gasteiger partial charge on any atom is -0.508 e. The maximum atomic E-state index is 14.4. The van der Waals surface area contributed by atoms with Crippen LogP contribution < -0.4 is 15.5 Å². The van der Waals surface area contributed by atoms with Crippen molar-refractivity contribution < 1.29 is 33.5 Å². The predicted octanol–water partition coefficient (Wildman–Crippen LogP) is 4.95. The molecule has 284 valence electrons. The Morgan fingerprint density at radius 2 is 1.85 bits per heavy atom. The van der Waals surface area contributed by atoms with Gasteiger partial charge in [0.05, 0.1) is 5.56 Å². The summed E-state index contributed by atoms with van der Waals surface area (Å²) in [4.78, 5) is 76.7. The molecule has 0 spiro atoms. The fourth-order valence-electron chi connectivity index (χ4n) is 8.16. The smallest absolute Gasteiger partial charge is 0.256 e. The van der Waals surface area contributed by atoms with Gasteiger partial charge in [0, 0.05) is 78.1 Å². The van der Waals surface area contributed by atoms with E-state index < -0.39 is 35.6 Å². The molecule has 2 saturated heterocycles. The molecular formula is C39H37BrFN7O6S. The lowest BCUT2D eigenvalue weighted by atomic mass is 10.0. The molecule has 4 aliphatic heterocycles. The van der Waals surface area contributed by atoms with E-state index in [9.17, 15) is 33.5 Å². The van der Waals surface area contributed by atoms with E-state index in [1.54, 1.807) is 10.3 Å². The maximum absolute atomic E-state index is 14.4. The van der Waals surface area contributed by atoms with Crippen molar-refractivity contribution in [3.8, 4) is 5.75 Å². The molecule has 5 amide bonds. The summed E-state index contributed by atoms with van der Waals surface area (Å²) in [5.74, 6) is -2.91. The number of hydrogen-bond donors (Lipinski definition) is 3. The zero-order chi connectivity index (χ0) is 38.5. The monoisotopic (exact) mass is 829 g/mol. The molecule has 2 fully saturated rings. The van der Waals surface area contributed by atoms with E-state index in [-0.39, 0.29) is 42.1 Å². The van der Waals surface area contributed by atoms with E-state index in [1.165, 1.54) is 28.5 Å². The van der Waals surface area contributed by atoms with Crippen molar-refractivity contribution in [1.82, 2.24) is 25.0 Å². The summed E-state index contributed by atoms with van der Waals surface area (Å²) in [6.07, 6.45) is 3.80. The lowest BCUT2D eigenvalue weighted by Gasteiger charge is -2.38. The van der Waals surface area contributed by atoms with Crippen LogP contribution in [0.25, 0.3) is 0 Å². The minimum absolute atomic E-state index is 0.0171. The average molecular weight is 831 g/mol. The fourth-order valence-corrected chi connectivity index (χ4v) is 9.41. The molecule has 1 aromatic heterocycles. The zero-order valence-corrected chi connectivity index (χ0v) is 32.2. The number of benzene rings is 3. The second-order valence-electron chi connectivity index (χ2n) is 14.4. The SMILES string of the molecule is CN(Cc1cc(Br)c2c(c1)CN(C1CCC(=O)NC1=O)C2=O)C1CCN(c2ccc3c(c2)C(=O)N(C(C(=O)Nc2nccs2)c2cc(F)ccc2O)C3)CC1. The molecule has 2 atom stereocenters. The van der Waals surface area contributed by atoms with E-state index in [0.717, 1.165) is 60.4 Å². The number of thiazole rings is 1. The van der Waals surface area contributed by atoms with Crippen LogP contribution in [0.5, 0.6) is 5.75 Å². The number of imide groups is 1. The van der Waals surface area contributed by atoms with Crippen molar-refractivity contribution in [2.45, 2.75) is 63.4 Å². The third-order valence-electron chi connectivity index (χ3n) is 11.0. The van der Waals surface area contributed by atoms with E-state index in [1.807, 2.05) is 30.3 Å². The number of phenolic OH excluding ortho intramolecular Hbond substituents is 1. The summed E-state index contributed by atoms with van der Waals surface area (Å²) >= 11 is 4.81. The van der Waals surface area contributed by atoms with Gasteiger partial charge in [0.25, 0.3) is 17.7 Å². The number of aromatic nitrogens is 1. The molecule has 5 heterocycles. The first-order valence-electron chi connectivity index (χ1n) is 18.0. The van der Waals surface area contributed by atoms with Crippen molar-refractivity contribution in [3.05, 3.63) is 104 Å². The topological polar surface area (TPSA) is 155 Å². The summed E-state index contributed by atoms with van der Waals surface area (Å²) in [7, 11) is 2.09. The van der Waals surface area contributed by atoms with Gasteiger partial charge in [-0.1, -0.05) is 12.1 Å². The van der Waals surface area contributed by atoms with Crippen LogP contribution in [-0.2, 0) is 34.0 Å². The highest BCUT2D eigenvalue weighted by atomic mass is 79.9. The Labute approximate surface area is 328 Å². The number of piperidine rings is 2. The molecule has 4 aromatic rings. The number of rotatable bonds is 9. The van der Waals surface area contributed by atoms with Gasteiger partial charge in [0.1, 0.15) is 23.7 Å². The maximum Gasteiger partial charge on any atom is 0.256 e. The van der Waals surface area contributed by atoms with Crippen molar-refractivity contribution in [2.75, 3.05) is 30.4 Å². The Morgan fingerprint density at radius 1 is 1.05 bits per heavy atom. The first-order valence-corrected chi connectivity index (χ1v) is 19.7. The van der Waals surface area contributed by atoms with Crippen molar-refractivity contribution >= 4 is 67.6 Å². The second-order valence-corrected chi connectivity index (χ2v) is 16.1. The van der Waals surface area contributed by atoms with Gasteiger partial charge in [-0.3, -0.25) is 39.5 Å². The Hall–Kier alpha value is -5.19. The molecule has 0 bridgehead atoms. The predicted molar refractivity (Wildman–Crippen MR) is 205 cm³/mol. The third-order valence-corrected chi connectivity index (χ3v) is 12.3. The van der Waals surface area contributed by atoms with E-state index in [0.29, 0.717) is 40.2 Å². The summed E-state index contributed by atoms with van der Waals surface area (Å²) in [6, 6.07) is 11.4. The number of nitrogens with zero attached hydrogens (tertiary/aromatic N) is 5. The number of aromatic hydroxyl groups is 1. The third kappa shape index (κ3) is 7.09. The lowest BCUT2D eigenvalue weighted by molar-refractivity contribution is -0.137. The molecule has 0 aliphatic carbocycles. The number of phenols is 1. The van der Waals surface area contributed by atoms with Gasteiger partial charge in [0.2, 0.25) is 11.8 Å². The highest BCUT2D eigenvalue weighted by Gasteiger charge is 2.41. The zero-order valence-electron chi connectivity index (χ0n) is 29.8. The van der Waals surface area contributed by atoms with Crippen LogP contribution >= 0.6 is 27.3 Å². The summed E-state index contributed by atoms with van der Waals surface area (Å²) in [6.45, 7) is 2.58. The molecule has 55 heavy (non-hydrogen) atoms. The average Bonchev–Trinajstić information content (AvgIpc) is 3.88. The van der Waals surface area contributed by atoms with Gasteiger partial charge in [0.15, 0.2) is 5.13 Å². The van der Waals surface area contributed by atoms with E-state index in [2.05, 4.69) is 48.4 Å². The number of halogens is 2. The quantitative estimate of drug-likeness (QED) is 0.199. The van der Waals surface area contributed by atoms with Crippen LogP contribution in [0.3, 0.4) is 0 Å². The van der Waals surface area contributed by atoms with Crippen molar-refractivity contribution in [3.63, 3.8) is 0 Å². The normalized spacial score (nSPS) is 19.2. The molecule has 3 aromatic carbocycles. The Bertz CT molecular complexity index is 2230. The van der Waals surface area contributed by atoms with Crippen LogP contribution in [0.15, 0.2) is 64.6 Å². The fraction of sp³-hybridized carbons (Fsp3) is 0.333. The molecule has 4 aliphatic rings. The van der Waals surface area contributed by atoms with Crippen LogP contribution in [-0.4, -0.2) is 86.5 Å². The molecule has 3 N–H and O–H groups in total. The largest absolute Gasteiger partial charge is 0.508 e. The highest BCUT2D eigenvalue weighted by Crippen LogP contribution is 2.39. The van der Waals surface area contributed by atoms with E-state index in [4.69, 9.17) is 0 Å². The minimum atomic E-state index is -1.30. The molecule has 13 nitrogen and oxygen atoms in total. The summed E-state index contributed by atoms with van der Waals surface area (Å²) in [5, 5.41) is 17.8. The van der Waals surface area contributed by atoms with Gasteiger partial charge >= 0.3 is 0 Å². The van der Waals surface area contributed by atoms with Gasteiger partial charge in [-0.15, -0.1) is 11.3 Å². The first-order chi connectivity index (χ1) is 26.4. The van der Waals surface area contributed by atoms with Crippen molar-refractivity contribution in [2.24, 2.45) is 0 Å². The standard InChI is InChI=1S/C39H37BrFN7O6S/c1-45(18-21-14-23-20-47(38(54)33(23)29(40)15-21)30-5-7-32(50)43-35(30)51)25-8-11-46(12-9-25)26-4-2-22-19-48(37(53)27(22)17-26)34(28-16-24(41)3-6-31(28)49)36(52)44-39-42-10-13-55-39/h2-4,6,10,13-17,25,30,34,49H,5,7-9,11-12,18-20H2,1H3,(H,42,44,52)(H,43,50,51). The Kier molecular flexibility index (Phi) is 9.90. The number of nitrogens with one attached hydrogen (secondary N) is 2. The number of amides is 5. The lowest BCUT2D eigenvalue weighted by Crippen LogP contribution is -2.52. The summed E-state index contributed by atoms with van der Waals surface area (Å²) in [5.41, 5.74) is 4.51. The molecular weight excluding hydrogens is 793 g/mol. The van der Waals surface area contributed by atoms with Gasteiger partial charge in [-0.2, -0.15) is 0 Å².